The lowest BCUT2D eigenvalue weighted by Crippen LogP contribution is -2.55. The summed E-state index contributed by atoms with van der Waals surface area (Å²) < 4.78 is 44.6. The van der Waals surface area contributed by atoms with Crippen LogP contribution in [0.15, 0.2) is 108 Å². The topological polar surface area (TPSA) is 86.8 Å². The van der Waals surface area contributed by atoms with E-state index in [4.69, 9.17) is 11.6 Å². The normalized spacial score (nSPS) is 14.3. The maximum absolute atomic E-state index is 15.2. The van der Waals surface area contributed by atoms with E-state index in [1.165, 1.54) is 29.2 Å². The first-order valence-corrected chi connectivity index (χ1v) is 17.7. The molecule has 0 heterocycles. The van der Waals surface area contributed by atoms with Crippen molar-refractivity contribution in [2.75, 3.05) is 10.8 Å². The molecule has 4 aromatic rings. The second-order valence-corrected chi connectivity index (χ2v) is 14.2. The zero-order valence-corrected chi connectivity index (χ0v) is 27.9. The quantitative estimate of drug-likeness (QED) is 0.174. The van der Waals surface area contributed by atoms with Gasteiger partial charge in [-0.1, -0.05) is 104 Å². The number of benzene rings is 4. The van der Waals surface area contributed by atoms with Crippen LogP contribution in [0, 0.1) is 12.7 Å². The summed E-state index contributed by atoms with van der Waals surface area (Å²) in [6.45, 7) is 0.848. The van der Waals surface area contributed by atoms with Gasteiger partial charge >= 0.3 is 0 Å². The van der Waals surface area contributed by atoms with Crippen LogP contribution in [0.1, 0.15) is 48.8 Å². The number of carbonyl (C=O) groups excluding carboxylic acids is 2. The van der Waals surface area contributed by atoms with Gasteiger partial charge in [-0.15, -0.1) is 0 Å². The number of halogens is 2. The predicted octanol–water partition coefficient (Wildman–Crippen LogP) is 7.07. The van der Waals surface area contributed by atoms with Crippen LogP contribution in [0.2, 0.25) is 5.02 Å². The summed E-state index contributed by atoms with van der Waals surface area (Å²) in [7, 11) is -4.28. The van der Waals surface area contributed by atoms with Crippen LogP contribution in [0.3, 0.4) is 0 Å². The molecule has 246 valence electrons. The summed E-state index contributed by atoms with van der Waals surface area (Å²) in [5.74, 6) is -1.55. The van der Waals surface area contributed by atoms with Crippen LogP contribution in [0.25, 0.3) is 0 Å². The van der Waals surface area contributed by atoms with Gasteiger partial charge in [0.15, 0.2) is 0 Å². The summed E-state index contributed by atoms with van der Waals surface area (Å²) in [4.78, 5) is 30.1. The maximum atomic E-state index is 15.2. The fourth-order valence-corrected chi connectivity index (χ4v) is 7.65. The number of hydrogen-bond acceptors (Lipinski definition) is 4. The summed E-state index contributed by atoms with van der Waals surface area (Å²) in [5.41, 5.74) is 1.83. The van der Waals surface area contributed by atoms with Crippen molar-refractivity contribution in [1.29, 1.82) is 0 Å². The minimum Gasteiger partial charge on any atom is -0.352 e. The number of hydrogen-bond donors (Lipinski definition) is 1. The summed E-state index contributed by atoms with van der Waals surface area (Å²) >= 11 is 6.34. The zero-order chi connectivity index (χ0) is 33.4. The SMILES string of the molecule is Cc1ccc(Cl)cc1N(CC(=O)N(Cc1ccccc1F)[C@@H](Cc1ccccc1)C(=O)NC1CCCCC1)S(=O)(=O)c1ccccc1. The van der Waals surface area contributed by atoms with Gasteiger partial charge in [-0.3, -0.25) is 13.9 Å². The molecule has 0 saturated heterocycles. The van der Waals surface area contributed by atoms with Crippen LogP contribution in [0.5, 0.6) is 0 Å². The Labute approximate surface area is 281 Å². The molecule has 0 unspecified atom stereocenters. The Morgan fingerprint density at radius 1 is 0.894 bits per heavy atom. The second-order valence-electron chi connectivity index (χ2n) is 11.9. The predicted molar refractivity (Wildman–Crippen MR) is 183 cm³/mol. The fraction of sp³-hybridized carbons (Fsp3) is 0.297. The van der Waals surface area contributed by atoms with Gasteiger partial charge in [-0.05, 0) is 61.2 Å². The van der Waals surface area contributed by atoms with E-state index in [1.54, 1.807) is 55.5 Å². The summed E-state index contributed by atoms with van der Waals surface area (Å²) in [5, 5.41) is 3.45. The number of nitrogens with one attached hydrogen (secondary N) is 1. The number of aryl methyl sites for hydroxylation is 1. The van der Waals surface area contributed by atoms with Crippen molar-refractivity contribution in [3.8, 4) is 0 Å². The molecular weight excluding hydrogens is 637 g/mol. The van der Waals surface area contributed by atoms with Crippen molar-refractivity contribution in [2.45, 2.75) is 69.0 Å². The molecule has 0 spiro atoms. The highest BCUT2D eigenvalue weighted by Crippen LogP contribution is 2.30. The van der Waals surface area contributed by atoms with Crippen molar-refractivity contribution >= 4 is 39.1 Å². The molecule has 0 aliphatic heterocycles. The third-order valence-corrected chi connectivity index (χ3v) is 10.6. The number of amides is 2. The molecule has 0 bridgehead atoms. The smallest absolute Gasteiger partial charge is 0.264 e. The molecule has 7 nitrogen and oxygen atoms in total. The van der Waals surface area contributed by atoms with Crippen molar-refractivity contribution in [3.05, 3.63) is 131 Å². The van der Waals surface area contributed by atoms with E-state index in [-0.39, 0.29) is 41.1 Å². The van der Waals surface area contributed by atoms with Gasteiger partial charge in [0, 0.05) is 29.6 Å². The Balaban J connectivity index is 1.59. The maximum Gasteiger partial charge on any atom is 0.264 e. The van der Waals surface area contributed by atoms with Crippen LogP contribution in [-0.2, 0) is 32.6 Å². The van der Waals surface area contributed by atoms with Gasteiger partial charge in [0.05, 0.1) is 10.6 Å². The van der Waals surface area contributed by atoms with Crippen LogP contribution >= 0.6 is 11.6 Å². The molecule has 5 rings (SSSR count). The molecule has 47 heavy (non-hydrogen) atoms. The average molecular weight is 676 g/mol. The number of anilines is 1. The number of nitrogens with zero attached hydrogens (tertiary/aromatic N) is 2. The van der Waals surface area contributed by atoms with Gasteiger partial charge in [-0.2, -0.15) is 0 Å². The lowest BCUT2D eigenvalue weighted by molar-refractivity contribution is -0.140. The molecular formula is C37H39ClFN3O4S. The summed E-state index contributed by atoms with van der Waals surface area (Å²) in [6, 6.07) is 27.0. The minimum atomic E-state index is -4.28. The molecule has 1 aliphatic rings. The Morgan fingerprint density at radius 2 is 1.53 bits per heavy atom. The van der Waals surface area contributed by atoms with Gasteiger partial charge < -0.3 is 10.2 Å². The number of carbonyl (C=O) groups is 2. The van der Waals surface area contributed by atoms with Gasteiger partial charge in [0.2, 0.25) is 11.8 Å². The fourth-order valence-electron chi connectivity index (χ4n) is 5.99. The Kier molecular flexibility index (Phi) is 11.3. The molecule has 1 saturated carbocycles. The third-order valence-electron chi connectivity index (χ3n) is 8.57. The number of sulfonamides is 1. The largest absolute Gasteiger partial charge is 0.352 e. The second kappa shape index (κ2) is 15.6. The Bertz CT molecular complexity index is 1780. The van der Waals surface area contributed by atoms with Crippen molar-refractivity contribution in [3.63, 3.8) is 0 Å². The van der Waals surface area contributed by atoms with E-state index in [0.29, 0.717) is 10.6 Å². The summed E-state index contributed by atoms with van der Waals surface area (Å²) in [6.07, 6.45) is 4.92. The third kappa shape index (κ3) is 8.58. The van der Waals surface area contributed by atoms with Gasteiger partial charge in [-0.25, -0.2) is 12.8 Å². The Morgan fingerprint density at radius 3 is 2.21 bits per heavy atom. The lowest BCUT2D eigenvalue weighted by atomic mass is 9.94. The van der Waals surface area contributed by atoms with Gasteiger partial charge in [0.1, 0.15) is 18.4 Å². The van der Waals surface area contributed by atoms with E-state index < -0.39 is 34.3 Å². The lowest BCUT2D eigenvalue weighted by Gasteiger charge is -2.35. The number of rotatable bonds is 12. The molecule has 1 aliphatic carbocycles. The van der Waals surface area contributed by atoms with Crippen molar-refractivity contribution in [1.82, 2.24) is 10.2 Å². The standard InChI is InChI=1S/C37H39ClFN3O4S/c1-27-21-22-30(38)24-34(27)42(47(45,46)32-18-9-4-10-19-32)26-36(43)41(25-29-15-11-12-20-33(29)39)35(23-28-13-5-2-6-14-28)37(44)40-31-16-7-3-8-17-31/h2,4-6,9-15,18-22,24,31,35H,3,7-8,16-17,23,25-26H2,1H3,(H,40,44)/t35-/m0/s1. The van der Waals surface area contributed by atoms with E-state index in [1.807, 2.05) is 30.3 Å². The van der Waals surface area contributed by atoms with E-state index >= 15 is 4.39 Å². The molecule has 1 atom stereocenters. The molecule has 4 aromatic carbocycles. The van der Waals surface area contributed by atoms with Gasteiger partial charge in [0.25, 0.3) is 10.0 Å². The van der Waals surface area contributed by atoms with E-state index in [9.17, 15) is 18.0 Å². The van der Waals surface area contributed by atoms with Crippen molar-refractivity contribution < 1.29 is 22.4 Å². The monoisotopic (exact) mass is 675 g/mol. The molecule has 0 aromatic heterocycles. The molecule has 10 heteroatoms. The van der Waals surface area contributed by atoms with E-state index in [2.05, 4.69) is 5.32 Å². The van der Waals surface area contributed by atoms with Crippen LogP contribution in [-0.4, -0.2) is 43.8 Å². The highest BCUT2D eigenvalue weighted by molar-refractivity contribution is 7.92. The molecule has 0 radical (unpaired) electrons. The average Bonchev–Trinajstić information content (AvgIpc) is 3.08. The van der Waals surface area contributed by atoms with Crippen molar-refractivity contribution in [2.24, 2.45) is 0 Å². The zero-order valence-electron chi connectivity index (χ0n) is 26.3. The molecule has 1 N–H and O–H groups in total. The van der Waals surface area contributed by atoms with Crippen LogP contribution < -0.4 is 9.62 Å². The highest BCUT2D eigenvalue weighted by atomic mass is 35.5. The first-order chi connectivity index (χ1) is 22.6. The highest BCUT2D eigenvalue weighted by Gasteiger charge is 2.36. The van der Waals surface area contributed by atoms with E-state index in [0.717, 1.165) is 42.0 Å². The molecule has 1 fully saturated rings. The first kappa shape index (κ1) is 34.1. The molecule has 2 amide bonds. The first-order valence-electron chi connectivity index (χ1n) is 15.8. The Hall–Kier alpha value is -4.21. The minimum absolute atomic E-state index is 0.0105. The van der Waals surface area contributed by atoms with Crippen LogP contribution in [0.4, 0.5) is 10.1 Å².